The molecule has 1 aromatic carbocycles. The Hall–Kier alpha value is -2.95. The van der Waals surface area contributed by atoms with Gasteiger partial charge in [0.1, 0.15) is 0 Å². The summed E-state index contributed by atoms with van der Waals surface area (Å²) in [5.41, 5.74) is 6.77. The van der Waals surface area contributed by atoms with Gasteiger partial charge in [-0.15, -0.1) is 0 Å². The minimum atomic E-state index is -4.36. The topological polar surface area (TPSA) is 8.17 Å². The van der Waals surface area contributed by atoms with Crippen LogP contribution in [0.4, 0.5) is 13.2 Å². The van der Waals surface area contributed by atoms with Crippen molar-refractivity contribution in [3.05, 3.63) is 94.0 Å². The van der Waals surface area contributed by atoms with Crippen LogP contribution in [0, 0.1) is 13.8 Å². The van der Waals surface area contributed by atoms with Crippen molar-refractivity contribution in [3.8, 4) is 5.69 Å². The van der Waals surface area contributed by atoms with Gasteiger partial charge in [-0.3, -0.25) is 0 Å². The van der Waals surface area contributed by atoms with Crippen molar-refractivity contribution in [1.82, 2.24) is 9.47 Å². The zero-order valence-corrected chi connectivity index (χ0v) is 19.0. The van der Waals surface area contributed by atoms with E-state index < -0.39 is 11.7 Å². The number of hydrogen-bond donors (Lipinski definition) is 0. The molecular formula is C27H29F3N2. The number of aryl methyl sites for hydroxylation is 1. The molecule has 0 spiro atoms. The van der Waals surface area contributed by atoms with Gasteiger partial charge in [0.15, 0.2) is 0 Å². The lowest BCUT2D eigenvalue weighted by atomic mass is 9.99. The molecule has 1 aromatic heterocycles. The predicted molar refractivity (Wildman–Crippen MR) is 125 cm³/mol. The van der Waals surface area contributed by atoms with Crippen LogP contribution < -0.4 is 0 Å². The Balaban J connectivity index is 1.64. The molecule has 0 radical (unpaired) electrons. The standard InChI is InChI=1S/C27H29F3N2/c1-18-8-7-15-31-24(10-6-12-26(31)20(18)3)14-13-22-16-19(2)32(21(22)4)25-11-5-9-23(17-25)27(28,29)30/h5-6,9-14,16-17,26H,7-8,15H2,1-4H3/b14-13+. The lowest BCUT2D eigenvalue weighted by Gasteiger charge is -2.34. The van der Waals surface area contributed by atoms with Gasteiger partial charge in [0.05, 0.1) is 11.6 Å². The third-order valence-electron chi connectivity index (χ3n) is 6.63. The Bertz CT molecular complexity index is 1140. The molecule has 2 nitrogen and oxygen atoms in total. The van der Waals surface area contributed by atoms with Crippen LogP contribution in [0.2, 0.25) is 0 Å². The smallest absolute Gasteiger partial charge is 0.361 e. The summed E-state index contributed by atoms with van der Waals surface area (Å²) in [7, 11) is 0. The molecule has 0 bridgehead atoms. The number of fused-ring (bicyclic) bond motifs is 1. The highest BCUT2D eigenvalue weighted by molar-refractivity contribution is 5.59. The minimum Gasteiger partial charge on any atom is -0.361 e. The van der Waals surface area contributed by atoms with Gasteiger partial charge < -0.3 is 9.47 Å². The van der Waals surface area contributed by atoms with Crippen molar-refractivity contribution >= 4 is 6.08 Å². The SMILES string of the molecule is CC1=C(C)C2C=CC=C(/C=C/c3cc(C)n(-c4cccc(C(F)(F)F)c4)c3C)N2CCC1. The lowest BCUT2D eigenvalue weighted by Crippen LogP contribution is -2.35. The van der Waals surface area contributed by atoms with E-state index in [2.05, 4.69) is 49.1 Å². The van der Waals surface area contributed by atoms with Gasteiger partial charge in [-0.25, -0.2) is 0 Å². The highest BCUT2D eigenvalue weighted by atomic mass is 19.4. The molecule has 5 heteroatoms. The second kappa shape index (κ2) is 8.53. The Morgan fingerprint density at radius 2 is 1.81 bits per heavy atom. The van der Waals surface area contributed by atoms with Crippen LogP contribution in [-0.2, 0) is 6.18 Å². The van der Waals surface area contributed by atoms with Gasteiger partial charge in [0, 0.05) is 29.3 Å². The number of rotatable bonds is 3. The first kappa shape index (κ1) is 22.3. The van der Waals surface area contributed by atoms with Crippen LogP contribution in [-0.4, -0.2) is 22.1 Å². The van der Waals surface area contributed by atoms with Crippen molar-refractivity contribution in [2.75, 3.05) is 6.54 Å². The molecule has 2 aromatic rings. The molecule has 1 atom stereocenters. The van der Waals surface area contributed by atoms with Crippen LogP contribution in [0.25, 0.3) is 11.8 Å². The summed E-state index contributed by atoms with van der Waals surface area (Å²) in [6.45, 7) is 9.33. The van der Waals surface area contributed by atoms with E-state index in [0.717, 1.165) is 48.1 Å². The highest BCUT2D eigenvalue weighted by Gasteiger charge is 2.30. The zero-order valence-electron chi connectivity index (χ0n) is 19.0. The molecule has 0 saturated carbocycles. The molecule has 0 aliphatic carbocycles. The second-order valence-electron chi connectivity index (χ2n) is 8.72. The maximum Gasteiger partial charge on any atom is 0.416 e. The fourth-order valence-corrected chi connectivity index (χ4v) is 4.73. The Labute approximate surface area is 188 Å². The average molecular weight is 439 g/mol. The summed E-state index contributed by atoms with van der Waals surface area (Å²) in [4.78, 5) is 2.44. The van der Waals surface area contributed by atoms with E-state index >= 15 is 0 Å². The van der Waals surface area contributed by atoms with Crippen molar-refractivity contribution < 1.29 is 13.2 Å². The van der Waals surface area contributed by atoms with Crippen LogP contribution in [0.3, 0.4) is 0 Å². The third-order valence-corrected chi connectivity index (χ3v) is 6.63. The van der Waals surface area contributed by atoms with E-state index in [1.54, 1.807) is 6.07 Å². The predicted octanol–water partition coefficient (Wildman–Crippen LogP) is 7.38. The molecule has 0 N–H and O–H groups in total. The van der Waals surface area contributed by atoms with Gasteiger partial charge in [-0.05, 0) is 88.1 Å². The molecule has 32 heavy (non-hydrogen) atoms. The maximum atomic E-state index is 13.2. The molecule has 3 heterocycles. The minimum absolute atomic E-state index is 0.291. The van der Waals surface area contributed by atoms with Crippen molar-refractivity contribution in [2.24, 2.45) is 0 Å². The molecule has 1 unspecified atom stereocenters. The first-order valence-electron chi connectivity index (χ1n) is 11.0. The van der Waals surface area contributed by atoms with Gasteiger partial charge in [0.2, 0.25) is 0 Å². The number of benzene rings is 1. The highest BCUT2D eigenvalue weighted by Crippen LogP contribution is 2.33. The lowest BCUT2D eigenvalue weighted by molar-refractivity contribution is -0.137. The first-order chi connectivity index (χ1) is 15.2. The fourth-order valence-electron chi connectivity index (χ4n) is 4.73. The number of allylic oxidation sites excluding steroid dienone is 4. The molecular weight excluding hydrogens is 409 g/mol. The molecule has 168 valence electrons. The quantitative estimate of drug-likeness (QED) is 0.454. The van der Waals surface area contributed by atoms with E-state index in [0.29, 0.717) is 11.7 Å². The van der Waals surface area contributed by atoms with Crippen molar-refractivity contribution in [3.63, 3.8) is 0 Å². The summed E-state index contributed by atoms with van der Waals surface area (Å²) < 4.78 is 41.5. The summed E-state index contributed by atoms with van der Waals surface area (Å²) in [5, 5.41) is 0. The number of alkyl halides is 3. The van der Waals surface area contributed by atoms with Crippen molar-refractivity contribution in [2.45, 2.75) is 52.8 Å². The van der Waals surface area contributed by atoms with E-state index in [-0.39, 0.29) is 0 Å². The largest absolute Gasteiger partial charge is 0.416 e. The zero-order chi connectivity index (χ0) is 23.0. The van der Waals surface area contributed by atoms with E-state index in [9.17, 15) is 13.2 Å². The second-order valence-corrected chi connectivity index (χ2v) is 8.72. The van der Waals surface area contributed by atoms with E-state index in [1.807, 2.05) is 24.5 Å². The number of aromatic nitrogens is 1. The Kier molecular flexibility index (Phi) is 5.93. The van der Waals surface area contributed by atoms with Gasteiger partial charge in [0.25, 0.3) is 0 Å². The molecule has 2 aliphatic rings. The Morgan fingerprint density at radius 1 is 1.03 bits per heavy atom. The van der Waals surface area contributed by atoms with E-state index in [4.69, 9.17) is 0 Å². The van der Waals surface area contributed by atoms with Crippen LogP contribution >= 0.6 is 0 Å². The molecule has 0 amide bonds. The summed E-state index contributed by atoms with van der Waals surface area (Å²) in [6, 6.07) is 7.82. The van der Waals surface area contributed by atoms with Crippen LogP contribution in [0.5, 0.6) is 0 Å². The molecule has 0 fully saturated rings. The maximum absolute atomic E-state index is 13.2. The summed E-state index contributed by atoms with van der Waals surface area (Å²) in [5.74, 6) is 0. The number of hydrogen-bond acceptors (Lipinski definition) is 1. The van der Waals surface area contributed by atoms with Crippen LogP contribution in [0.15, 0.2) is 71.5 Å². The van der Waals surface area contributed by atoms with Crippen molar-refractivity contribution in [1.29, 1.82) is 0 Å². The first-order valence-corrected chi connectivity index (χ1v) is 11.0. The van der Waals surface area contributed by atoms with Gasteiger partial charge in [-0.1, -0.05) is 29.9 Å². The Morgan fingerprint density at radius 3 is 2.56 bits per heavy atom. The normalized spacial score (nSPS) is 19.4. The van der Waals surface area contributed by atoms with Gasteiger partial charge >= 0.3 is 6.18 Å². The third kappa shape index (κ3) is 4.21. The monoisotopic (exact) mass is 438 g/mol. The molecule has 2 aliphatic heterocycles. The average Bonchev–Trinajstić information content (AvgIpc) is 2.95. The van der Waals surface area contributed by atoms with E-state index in [1.165, 1.54) is 23.3 Å². The summed E-state index contributed by atoms with van der Waals surface area (Å²) in [6.07, 6.45) is 8.60. The van der Waals surface area contributed by atoms with Crippen LogP contribution in [0.1, 0.15) is 49.2 Å². The van der Waals surface area contributed by atoms with Gasteiger partial charge in [-0.2, -0.15) is 13.2 Å². The summed E-state index contributed by atoms with van der Waals surface area (Å²) >= 11 is 0. The fraction of sp³-hybridized carbons (Fsp3) is 0.333. The number of halogens is 3. The molecule has 0 saturated heterocycles. The number of nitrogens with zero attached hydrogens (tertiary/aromatic N) is 2. The molecule has 4 rings (SSSR count).